The van der Waals surface area contributed by atoms with Gasteiger partial charge in [0.25, 0.3) is 0 Å². The first-order valence-electron chi connectivity index (χ1n) is 4.66. The Morgan fingerprint density at radius 2 is 2.31 bits per heavy atom. The molecule has 3 N–H and O–H groups in total. The average molecular weight is 179 g/mol. The molecule has 2 heterocycles. The number of rotatable bonds is 1. The van der Waals surface area contributed by atoms with Crippen LogP contribution in [0.25, 0.3) is 0 Å². The number of nitrogens with two attached hydrogens (primary N) is 1. The predicted octanol–water partition coefficient (Wildman–Crippen LogP) is 0.886. The molecule has 0 atom stereocenters. The SMILES string of the molecule is Nc1cc(C2CC3(COC3)C2)[nH]n1. The summed E-state index contributed by atoms with van der Waals surface area (Å²) in [4.78, 5) is 0. The highest BCUT2D eigenvalue weighted by Gasteiger charge is 2.50. The van der Waals surface area contributed by atoms with Crippen molar-refractivity contribution in [2.75, 3.05) is 18.9 Å². The van der Waals surface area contributed by atoms with Gasteiger partial charge in [0.05, 0.1) is 13.2 Å². The van der Waals surface area contributed by atoms with E-state index in [1.807, 2.05) is 6.07 Å². The van der Waals surface area contributed by atoms with E-state index in [0.717, 1.165) is 13.2 Å². The molecular weight excluding hydrogens is 166 g/mol. The molecule has 1 spiro atoms. The highest BCUT2D eigenvalue weighted by atomic mass is 16.5. The predicted molar refractivity (Wildman–Crippen MR) is 48.2 cm³/mol. The Morgan fingerprint density at radius 1 is 1.54 bits per heavy atom. The molecule has 0 aromatic carbocycles. The molecule has 2 fully saturated rings. The van der Waals surface area contributed by atoms with E-state index in [9.17, 15) is 0 Å². The first-order chi connectivity index (χ1) is 6.27. The maximum Gasteiger partial charge on any atom is 0.145 e. The fraction of sp³-hybridized carbons (Fsp3) is 0.667. The van der Waals surface area contributed by atoms with Crippen LogP contribution in [0.4, 0.5) is 5.82 Å². The lowest BCUT2D eigenvalue weighted by Crippen LogP contribution is -2.51. The topological polar surface area (TPSA) is 63.9 Å². The maximum atomic E-state index is 5.54. The molecule has 1 aromatic heterocycles. The van der Waals surface area contributed by atoms with Gasteiger partial charge in [-0.2, -0.15) is 5.10 Å². The highest BCUT2D eigenvalue weighted by Crippen LogP contribution is 2.54. The molecule has 3 rings (SSSR count). The van der Waals surface area contributed by atoms with Crippen molar-refractivity contribution in [2.45, 2.75) is 18.8 Å². The molecule has 0 unspecified atom stereocenters. The van der Waals surface area contributed by atoms with Gasteiger partial charge >= 0.3 is 0 Å². The van der Waals surface area contributed by atoms with Crippen molar-refractivity contribution in [3.63, 3.8) is 0 Å². The van der Waals surface area contributed by atoms with Gasteiger partial charge in [0.2, 0.25) is 0 Å². The van der Waals surface area contributed by atoms with Gasteiger partial charge < -0.3 is 10.5 Å². The third-order valence-electron chi connectivity index (χ3n) is 3.23. The first kappa shape index (κ1) is 7.38. The molecule has 0 radical (unpaired) electrons. The van der Waals surface area contributed by atoms with Gasteiger partial charge in [-0.05, 0) is 12.8 Å². The summed E-state index contributed by atoms with van der Waals surface area (Å²) in [5, 5.41) is 6.91. The number of aromatic amines is 1. The summed E-state index contributed by atoms with van der Waals surface area (Å²) >= 11 is 0. The zero-order valence-corrected chi connectivity index (χ0v) is 7.42. The Kier molecular flexibility index (Phi) is 1.28. The van der Waals surface area contributed by atoms with Crippen molar-refractivity contribution in [1.29, 1.82) is 0 Å². The summed E-state index contributed by atoms with van der Waals surface area (Å²) in [7, 11) is 0. The number of hydrogen-bond acceptors (Lipinski definition) is 3. The minimum absolute atomic E-state index is 0.518. The van der Waals surface area contributed by atoms with E-state index >= 15 is 0 Å². The Morgan fingerprint density at radius 3 is 2.77 bits per heavy atom. The standard InChI is InChI=1S/C9H13N3O/c10-8-1-7(11-12-8)6-2-9(3-6)4-13-5-9/h1,6H,2-5H2,(H3,10,11,12). The van der Waals surface area contributed by atoms with E-state index in [1.54, 1.807) is 0 Å². The zero-order valence-electron chi connectivity index (χ0n) is 7.42. The van der Waals surface area contributed by atoms with Crippen molar-refractivity contribution < 1.29 is 4.74 Å². The largest absolute Gasteiger partial charge is 0.382 e. The van der Waals surface area contributed by atoms with E-state index in [1.165, 1.54) is 18.5 Å². The van der Waals surface area contributed by atoms with Crippen LogP contribution in [0.1, 0.15) is 24.5 Å². The minimum atomic E-state index is 0.518. The van der Waals surface area contributed by atoms with E-state index in [-0.39, 0.29) is 0 Å². The van der Waals surface area contributed by atoms with Gasteiger partial charge in [0, 0.05) is 23.1 Å². The normalized spacial score (nSPS) is 25.5. The van der Waals surface area contributed by atoms with Crippen LogP contribution in [0, 0.1) is 5.41 Å². The van der Waals surface area contributed by atoms with Gasteiger partial charge in [0.1, 0.15) is 5.82 Å². The van der Waals surface area contributed by atoms with E-state index in [4.69, 9.17) is 10.5 Å². The summed E-state index contributed by atoms with van der Waals surface area (Å²) in [6.45, 7) is 1.90. The quantitative estimate of drug-likeness (QED) is 0.672. The summed E-state index contributed by atoms with van der Waals surface area (Å²) < 4.78 is 5.22. The first-order valence-corrected chi connectivity index (χ1v) is 4.66. The smallest absolute Gasteiger partial charge is 0.145 e. The van der Waals surface area contributed by atoms with Crippen molar-refractivity contribution in [3.05, 3.63) is 11.8 Å². The van der Waals surface area contributed by atoms with Crippen molar-refractivity contribution >= 4 is 5.82 Å². The lowest BCUT2D eigenvalue weighted by Gasteiger charge is -2.53. The second-order valence-electron chi connectivity index (χ2n) is 4.35. The maximum absolute atomic E-state index is 5.54. The van der Waals surface area contributed by atoms with Crippen LogP contribution in [0.5, 0.6) is 0 Å². The number of nitrogens with zero attached hydrogens (tertiary/aromatic N) is 1. The van der Waals surface area contributed by atoms with Gasteiger partial charge in [-0.1, -0.05) is 0 Å². The fourth-order valence-electron chi connectivity index (χ4n) is 2.39. The molecule has 13 heavy (non-hydrogen) atoms. The van der Waals surface area contributed by atoms with E-state index < -0.39 is 0 Å². The summed E-state index contributed by atoms with van der Waals surface area (Å²) in [6.07, 6.45) is 2.46. The Hall–Kier alpha value is -1.03. The number of aromatic nitrogens is 2. The molecule has 4 heteroatoms. The lowest BCUT2D eigenvalue weighted by atomic mass is 9.60. The van der Waals surface area contributed by atoms with Crippen LogP contribution in [0.15, 0.2) is 6.07 Å². The van der Waals surface area contributed by atoms with Crippen LogP contribution in [-0.4, -0.2) is 23.4 Å². The summed E-state index contributed by atoms with van der Waals surface area (Å²) in [5.74, 6) is 1.23. The zero-order chi connectivity index (χ0) is 8.89. The van der Waals surface area contributed by atoms with Crippen molar-refractivity contribution in [2.24, 2.45) is 5.41 Å². The Balaban J connectivity index is 1.70. The fourth-order valence-corrected chi connectivity index (χ4v) is 2.39. The van der Waals surface area contributed by atoms with Crippen LogP contribution >= 0.6 is 0 Å². The average Bonchev–Trinajstić information content (AvgIpc) is 2.29. The minimum Gasteiger partial charge on any atom is -0.382 e. The second kappa shape index (κ2) is 2.26. The molecule has 70 valence electrons. The molecule has 4 nitrogen and oxygen atoms in total. The summed E-state index contributed by atoms with van der Waals surface area (Å²) in [6, 6.07) is 1.94. The lowest BCUT2D eigenvalue weighted by molar-refractivity contribution is -0.164. The molecule has 0 amide bonds. The van der Waals surface area contributed by atoms with Gasteiger partial charge in [0.15, 0.2) is 0 Å². The Bertz CT molecular complexity index is 321. The molecule has 0 bridgehead atoms. The highest BCUT2D eigenvalue weighted by molar-refractivity contribution is 5.31. The number of ether oxygens (including phenoxy) is 1. The number of anilines is 1. The Labute approximate surface area is 76.5 Å². The van der Waals surface area contributed by atoms with E-state index in [0.29, 0.717) is 17.2 Å². The molecule has 1 aromatic rings. The molecular formula is C9H13N3O. The number of nitrogen functional groups attached to an aromatic ring is 1. The van der Waals surface area contributed by atoms with Crippen LogP contribution in [0.3, 0.4) is 0 Å². The van der Waals surface area contributed by atoms with Crippen LogP contribution < -0.4 is 5.73 Å². The molecule has 1 aliphatic carbocycles. The third-order valence-corrected chi connectivity index (χ3v) is 3.23. The third kappa shape index (κ3) is 0.983. The van der Waals surface area contributed by atoms with Crippen molar-refractivity contribution in [3.8, 4) is 0 Å². The van der Waals surface area contributed by atoms with Gasteiger partial charge in [-0.25, -0.2) is 0 Å². The number of nitrogens with one attached hydrogen (secondary N) is 1. The summed E-state index contributed by atoms with van der Waals surface area (Å²) in [5.41, 5.74) is 7.25. The molecule has 1 saturated heterocycles. The van der Waals surface area contributed by atoms with Gasteiger partial charge in [-0.3, -0.25) is 5.10 Å². The molecule has 2 aliphatic rings. The van der Waals surface area contributed by atoms with E-state index in [2.05, 4.69) is 10.2 Å². The second-order valence-corrected chi connectivity index (χ2v) is 4.35. The number of hydrogen-bond donors (Lipinski definition) is 2. The van der Waals surface area contributed by atoms with Crippen molar-refractivity contribution in [1.82, 2.24) is 10.2 Å². The van der Waals surface area contributed by atoms with Crippen LogP contribution in [0.2, 0.25) is 0 Å². The molecule has 1 saturated carbocycles. The monoisotopic (exact) mass is 179 g/mol. The number of H-pyrrole nitrogens is 1. The van der Waals surface area contributed by atoms with Crippen LogP contribution in [-0.2, 0) is 4.74 Å². The van der Waals surface area contributed by atoms with Gasteiger partial charge in [-0.15, -0.1) is 0 Å². The molecule has 1 aliphatic heterocycles.